The van der Waals surface area contributed by atoms with Crippen LogP contribution in [0.1, 0.15) is 12.5 Å². The first-order valence-electron chi connectivity index (χ1n) is 5.85. The Kier molecular flexibility index (Phi) is 7.14. The van der Waals surface area contributed by atoms with E-state index in [-0.39, 0.29) is 21.2 Å². The summed E-state index contributed by atoms with van der Waals surface area (Å²) in [6.07, 6.45) is 1.13. The molecule has 0 aliphatic heterocycles. The van der Waals surface area contributed by atoms with Gasteiger partial charge in [-0.2, -0.15) is 0 Å². The molecule has 4 nitrogen and oxygen atoms in total. The fourth-order valence-electron chi connectivity index (χ4n) is 1.39. The van der Waals surface area contributed by atoms with E-state index >= 15 is 0 Å². The average molecular weight is 406 g/mol. The summed E-state index contributed by atoms with van der Waals surface area (Å²) in [5, 5.41) is 0. The van der Waals surface area contributed by atoms with E-state index in [0.717, 1.165) is 6.42 Å². The molecule has 1 N–H and O–H groups in total. The van der Waals surface area contributed by atoms with Gasteiger partial charge < -0.3 is 4.55 Å². The molecule has 0 bridgehead atoms. The minimum Gasteiger partial charge on any atom is -0.726 e. The van der Waals surface area contributed by atoms with Crippen molar-refractivity contribution in [2.24, 2.45) is 0 Å². The van der Waals surface area contributed by atoms with E-state index in [1.165, 1.54) is 12.7 Å². The van der Waals surface area contributed by atoms with Crippen LogP contribution >= 0.6 is 0 Å². The van der Waals surface area contributed by atoms with Crippen LogP contribution in [0.3, 0.4) is 0 Å². The fraction of sp³-hybridized carbons (Fsp3) is 0.143. The Morgan fingerprint density at radius 3 is 1.90 bits per heavy atom. The Hall–Kier alpha value is -0.960. The Balaban J connectivity index is 0.000000347. The molecule has 0 saturated heterocycles. The quantitative estimate of drug-likeness (QED) is 0.419. The topological polar surface area (TPSA) is 77.4 Å². The third kappa shape index (κ3) is 8.26. The Morgan fingerprint density at radius 2 is 1.45 bits per heavy atom. The molecule has 6 heteroatoms. The number of halogens is 1. The normalized spacial score (nSPS) is 10.6. The van der Waals surface area contributed by atoms with Crippen LogP contribution in [-0.2, 0) is 16.8 Å². The van der Waals surface area contributed by atoms with E-state index in [2.05, 4.69) is 61.5 Å². The molecule has 20 heavy (non-hydrogen) atoms. The molecule has 0 atom stereocenters. The first-order valence-corrected chi connectivity index (χ1v) is 9.38. The van der Waals surface area contributed by atoms with E-state index in [4.69, 9.17) is 17.5 Å². The van der Waals surface area contributed by atoms with Gasteiger partial charge >= 0.3 is 21.2 Å². The predicted octanol–water partition coefficient (Wildman–Crippen LogP) is -0.618. The van der Waals surface area contributed by atoms with Crippen molar-refractivity contribution >= 4 is 10.4 Å². The molecule has 0 saturated carbocycles. The highest BCUT2D eigenvalue weighted by Crippen LogP contribution is 1.97. The van der Waals surface area contributed by atoms with E-state index in [1.54, 1.807) is 0 Å². The van der Waals surface area contributed by atoms with E-state index < -0.39 is 10.4 Å². The SMILES string of the molecule is CCc1ccc([I+]c2ccccc2)cc1.O=S(=O)([O-])O. The lowest BCUT2D eigenvalue weighted by Crippen LogP contribution is -3.61. The highest BCUT2D eigenvalue weighted by atomic mass is 127. The molecule has 0 aliphatic rings. The second-order valence-electron chi connectivity index (χ2n) is 3.80. The van der Waals surface area contributed by atoms with Gasteiger partial charge in [0.25, 0.3) is 0 Å². The second kappa shape index (κ2) is 8.35. The maximum atomic E-state index is 8.63. The molecule has 0 spiro atoms. The number of benzene rings is 2. The lowest BCUT2D eigenvalue weighted by atomic mass is 10.2. The highest BCUT2D eigenvalue weighted by molar-refractivity contribution is 7.79. The van der Waals surface area contributed by atoms with Crippen molar-refractivity contribution in [3.63, 3.8) is 0 Å². The van der Waals surface area contributed by atoms with Crippen LogP contribution in [0.4, 0.5) is 0 Å². The summed E-state index contributed by atoms with van der Waals surface area (Å²) >= 11 is 0.0106. The monoisotopic (exact) mass is 406 g/mol. The molecule has 0 heterocycles. The maximum absolute atomic E-state index is 8.63. The summed E-state index contributed by atoms with van der Waals surface area (Å²) in [7, 11) is -4.92. The van der Waals surface area contributed by atoms with Gasteiger partial charge in [-0.3, -0.25) is 4.55 Å². The zero-order chi connectivity index (χ0) is 15.0. The van der Waals surface area contributed by atoms with Gasteiger partial charge in [-0.25, -0.2) is 8.42 Å². The third-order valence-corrected chi connectivity index (χ3v) is 4.96. The van der Waals surface area contributed by atoms with Gasteiger partial charge in [-0.15, -0.1) is 0 Å². The van der Waals surface area contributed by atoms with Crippen molar-refractivity contribution in [3.8, 4) is 0 Å². The molecule has 0 aromatic heterocycles. The molecule has 0 amide bonds. The van der Waals surface area contributed by atoms with Crippen molar-refractivity contribution in [2.75, 3.05) is 0 Å². The van der Waals surface area contributed by atoms with Crippen LogP contribution in [0.15, 0.2) is 54.6 Å². The summed E-state index contributed by atoms with van der Waals surface area (Å²) in [5.74, 6) is 0. The van der Waals surface area contributed by atoms with E-state index in [9.17, 15) is 0 Å². The number of hydrogen-bond acceptors (Lipinski definition) is 3. The van der Waals surface area contributed by atoms with Crippen LogP contribution in [0, 0.1) is 7.14 Å². The molecule has 2 aromatic carbocycles. The van der Waals surface area contributed by atoms with Crippen molar-refractivity contribution in [1.29, 1.82) is 0 Å². The number of rotatable bonds is 3. The minimum atomic E-state index is -4.92. The van der Waals surface area contributed by atoms with Gasteiger partial charge in [0.05, 0.1) is 0 Å². The Labute approximate surface area is 129 Å². The summed E-state index contributed by atoms with van der Waals surface area (Å²) in [5.41, 5.74) is 1.43. The van der Waals surface area contributed by atoms with Crippen molar-refractivity contribution < 1.29 is 38.7 Å². The van der Waals surface area contributed by atoms with Crippen LogP contribution in [0.5, 0.6) is 0 Å². The van der Waals surface area contributed by atoms with Crippen molar-refractivity contribution in [2.45, 2.75) is 13.3 Å². The molecular formula is C14H15IO4S. The highest BCUT2D eigenvalue weighted by Gasteiger charge is 2.13. The summed E-state index contributed by atoms with van der Waals surface area (Å²) in [6, 6.07) is 19.8. The maximum Gasteiger partial charge on any atom is 0.357 e. The summed E-state index contributed by atoms with van der Waals surface area (Å²) < 4.78 is 35.8. The van der Waals surface area contributed by atoms with Crippen LogP contribution in [0.25, 0.3) is 0 Å². The Bertz CT molecular complexity index is 601. The Morgan fingerprint density at radius 1 is 1.00 bits per heavy atom. The smallest absolute Gasteiger partial charge is 0.357 e. The van der Waals surface area contributed by atoms with Crippen LogP contribution in [0.2, 0.25) is 0 Å². The fourth-order valence-corrected chi connectivity index (χ4v) is 3.60. The summed E-state index contributed by atoms with van der Waals surface area (Å²) in [4.78, 5) is 0. The minimum absolute atomic E-state index is 0.0106. The second-order valence-corrected chi connectivity index (χ2v) is 7.68. The molecule has 0 aliphatic carbocycles. The molecule has 0 fully saturated rings. The summed E-state index contributed by atoms with van der Waals surface area (Å²) in [6.45, 7) is 2.20. The molecule has 2 aromatic rings. The van der Waals surface area contributed by atoms with Crippen molar-refractivity contribution in [3.05, 3.63) is 67.3 Å². The molecule has 0 unspecified atom stereocenters. The van der Waals surface area contributed by atoms with Gasteiger partial charge in [-0.1, -0.05) is 37.3 Å². The molecule has 2 rings (SSSR count). The van der Waals surface area contributed by atoms with E-state index in [0.29, 0.717) is 0 Å². The number of aryl methyl sites for hydroxylation is 1. The lowest BCUT2D eigenvalue weighted by molar-refractivity contribution is -0.597. The largest absolute Gasteiger partial charge is 0.726 e. The van der Waals surface area contributed by atoms with Gasteiger partial charge in [0, 0.05) is 0 Å². The van der Waals surface area contributed by atoms with Gasteiger partial charge in [0.15, 0.2) is 7.14 Å². The predicted molar refractivity (Wildman–Crippen MR) is 72.0 cm³/mol. The molecular weight excluding hydrogens is 391 g/mol. The van der Waals surface area contributed by atoms with Crippen LogP contribution < -0.4 is 21.2 Å². The molecule has 0 radical (unpaired) electrons. The first kappa shape index (κ1) is 17.1. The van der Waals surface area contributed by atoms with Gasteiger partial charge in [-0.05, 0) is 36.2 Å². The van der Waals surface area contributed by atoms with Crippen molar-refractivity contribution in [1.82, 2.24) is 0 Å². The zero-order valence-corrected chi connectivity index (χ0v) is 13.8. The standard InChI is InChI=1S/C14H14I.H2O4S/c1-2-12-8-10-14(11-9-12)15-13-6-4-3-5-7-13;1-5(2,3)4/h3-11H,2H2,1H3;(H2,1,2,3,4)/q+1;/p-1. The van der Waals surface area contributed by atoms with Crippen LogP contribution in [-0.4, -0.2) is 17.5 Å². The molecule has 108 valence electrons. The van der Waals surface area contributed by atoms with Gasteiger partial charge in [0.1, 0.15) is 0 Å². The third-order valence-electron chi connectivity index (χ3n) is 2.27. The van der Waals surface area contributed by atoms with E-state index in [1.807, 2.05) is 0 Å². The zero-order valence-electron chi connectivity index (χ0n) is 10.9. The average Bonchev–Trinajstić information content (AvgIpc) is 2.39. The lowest BCUT2D eigenvalue weighted by Gasteiger charge is -1.92. The first-order chi connectivity index (χ1) is 9.38. The number of hydrogen-bond donors (Lipinski definition) is 1. The van der Waals surface area contributed by atoms with Gasteiger partial charge in [0.2, 0.25) is 10.4 Å².